The first-order valence-corrected chi connectivity index (χ1v) is 8.32. The summed E-state index contributed by atoms with van der Waals surface area (Å²) in [4.78, 5) is 0. The summed E-state index contributed by atoms with van der Waals surface area (Å²) in [6, 6.07) is -0.0667. The van der Waals surface area contributed by atoms with Crippen LogP contribution in [0, 0.1) is 11.3 Å². The van der Waals surface area contributed by atoms with Gasteiger partial charge < -0.3 is 4.74 Å². The van der Waals surface area contributed by atoms with Gasteiger partial charge in [0, 0.05) is 12.7 Å². The molecule has 0 saturated carbocycles. The van der Waals surface area contributed by atoms with Crippen molar-refractivity contribution in [3.8, 4) is 6.07 Å². The fourth-order valence-electron chi connectivity index (χ4n) is 0.408. The minimum atomic E-state index is -2.51. The first kappa shape index (κ1) is 11.5. The number of halogens is 3. The summed E-state index contributed by atoms with van der Waals surface area (Å²) < 4.78 is 5.01. The maximum Gasteiger partial charge on any atom is 0.343 e. The Hall–Kier alpha value is 0.537. The zero-order valence-corrected chi connectivity index (χ0v) is 9.09. The second-order valence-electron chi connectivity index (χ2n) is 1.89. The molecule has 0 aromatic rings. The third-order valence-corrected chi connectivity index (χ3v) is 3.36. The Bertz CT molecular complexity index is 142. The molecule has 0 bridgehead atoms. The van der Waals surface area contributed by atoms with Crippen LogP contribution >= 0.6 is 33.2 Å². The van der Waals surface area contributed by atoms with Crippen LogP contribution in [0.2, 0.25) is 6.04 Å². The smallest absolute Gasteiger partial charge is 0.343 e. The van der Waals surface area contributed by atoms with Gasteiger partial charge >= 0.3 is 6.00 Å². The van der Waals surface area contributed by atoms with Crippen LogP contribution in [0.1, 0.15) is 6.42 Å². The molecule has 0 heterocycles. The van der Waals surface area contributed by atoms with E-state index in [0.29, 0.717) is 25.7 Å². The van der Waals surface area contributed by atoms with E-state index >= 15 is 0 Å². The molecule has 0 amide bonds. The third kappa shape index (κ3) is 10.5. The van der Waals surface area contributed by atoms with Crippen LogP contribution in [0.5, 0.6) is 0 Å². The molecule has 11 heavy (non-hydrogen) atoms. The van der Waals surface area contributed by atoms with Gasteiger partial charge in [0.25, 0.3) is 0 Å². The minimum Gasteiger partial charge on any atom is -0.381 e. The van der Waals surface area contributed by atoms with E-state index in [1.54, 1.807) is 0 Å². The van der Waals surface area contributed by atoms with E-state index in [-0.39, 0.29) is 0 Å². The second-order valence-corrected chi connectivity index (χ2v) is 11.2. The van der Waals surface area contributed by atoms with Gasteiger partial charge in [-0.1, -0.05) is 0 Å². The second kappa shape index (κ2) is 6.10. The number of hydrogen-bond acceptors (Lipinski definition) is 2. The topological polar surface area (TPSA) is 33.0 Å². The van der Waals surface area contributed by atoms with Crippen molar-refractivity contribution in [1.29, 1.82) is 5.26 Å². The van der Waals surface area contributed by atoms with Crippen LogP contribution in [0.3, 0.4) is 0 Å². The summed E-state index contributed by atoms with van der Waals surface area (Å²) in [5, 5.41) is 8.13. The molecule has 0 fully saturated rings. The summed E-state index contributed by atoms with van der Waals surface area (Å²) in [5.41, 5.74) is 0. The lowest BCUT2D eigenvalue weighted by molar-refractivity contribution is 0.153. The molecule has 64 valence electrons. The van der Waals surface area contributed by atoms with Crippen molar-refractivity contribution in [3.05, 3.63) is 0 Å². The Morgan fingerprint density at radius 2 is 1.91 bits per heavy atom. The molecular weight excluding hydrogens is 225 g/mol. The van der Waals surface area contributed by atoms with E-state index < -0.39 is 6.00 Å². The Morgan fingerprint density at radius 3 is 2.36 bits per heavy atom. The van der Waals surface area contributed by atoms with Gasteiger partial charge in [-0.25, -0.2) is 0 Å². The van der Waals surface area contributed by atoms with Crippen LogP contribution in [-0.2, 0) is 4.74 Å². The SMILES string of the molecule is N#CCCOCC[Si](Cl)(Cl)Cl. The molecular formula is C5H8Cl3NOSi. The van der Waals surface area contributed by atoms with Gasteiger partial charge in [0.1, 0.15) is 0 Å². The quantitative estimate of drug-likeness (QED) is 0.415. The first-order chi connectivity index (χ1) is 5.06. The maximum atomic E-state index is 8.13. The maximum absolute atomic E-state index is 8.13. The van der Waals surface area contributed by atoms with Crippen molar-refractivity contribution in [2.75, 3.05) is 13.2 Å². The van der Waals surface area contributed by atoms with Crippen molar-refractivity contribution in [1.82, 2.24) is 0 Å². The lowest BCUT2D eigenvalue weighted by Gasteiger charge is -2.06. The number of nitrogens with zero attached hydrogens (tertiary/aromatic N) is 1. The Kier molecular flexibility index (Phi) is 6.40. The third-order valence-electron chi connectivity index (χ3n) is 0.888. The van der Waals surface area contributed by atoms with Crippen LogP contribution in [0.4, 0.5) is 0 Å². The molecule has 0 aliphatic rings. The number of rotatable bonds is 5. The molecule has 0 N–H and O–H groups in total. The highest BCUT2D eigenvalue weighted by molar-refractivity contribution is 7.64. The molecule has 2 nitrogen and oxygen atoms in total. The highest BCUT2D eigenvalue weighted by atomic mass is 35.8. The summed E-state index contributed by atoms with van der Waals surface area (Å²) in [5.74, 6) is 0. The van der Waals surface area contributed by atoms with Gasteiger partial charge in [0.15, 0.2) is 0 Å². The summed E-state index contributed by atoms with van der Waals surface area (Å²) in [6.45, 7) is 0.857. The van der Waals surface area contributed by atoms with E-state index in [2.05, 4.69) is 0 Å². The molecule has 0 aliphatic carbocycles. The highest BCUT2D eigenvalue weighted by Crippen LogP contribution is 2.24. The predicted octanol–water partition coefficient (Wildman–Crippen LogP) is 2.57. The number of hydrogen-bond donors (Lipinski definition) is 0. The largest absolute Gasteiger partial charge is 0.381 e. The molecule has 0 aliphatic heterocycles. The van der Waals surface area contributed by atoms with E-state index in [4.69, 9.17) is 43.2 Å². The summed E-state index contributed by atoms with van der Waals surface area (Å²) >= 11 is 16.7. The van der Waals surface area contributed by atoms with Crippen molar-refractivity contribution < 1.29 is 4.74 Å². The van der Waals surface area contributed by atoms with Crippen LogP contribution < -0.4 is 0 Å². The van der Waals surface area contributed by atoms with Gasteiger partial charge in [-0.3, -0.25) is 0 Å². The lowest BCUT2D eigenvalue weighted by Crippen LogP contribution is -2.12. The molecule has 0 atom stereocenters. The Morgan fingerprint density at radius 1 is 1.27 bits per heavy atom. The lowest BCUT2D eigenvalue weighted by atomic mass is 10.5. The fourth-order valence-corrected chi connectivity index (χ4v) is 1.48. The molecule has 0 unspecified atom stereocenters. The highest BCUT2D eigenvalue weighted by Gasteiger charge is 2.23. The standard InChI is InChI=1S/C5H8Cl3NOSi/c6-11(7,8)5-4-10-3-1-2-9/h1,3-5H2. The molecule has 0 radical (unpaired) electrons. The van der Waals surface area contributed by atoms with Gasteiger partial charge in [-0.2, -0.15) is 5.26 Å². The van der Waals surface area contributed by atoms with Crippen molar-refractivity contribution in [3.63, 3.8) is 0 Å². The van der Waals surface area contributed by atoms with Crippen LogP contribution in [-0.4, -0.2) is 19.2 Å². The van der Waals surface area contributed by atoms with Gasteiger partial charge in [-0.15, -0.1) is 33.2 Å². The van der Waals surface area contributed by atoms with Gasteiger partial charge in [0.2, 0.25) is 0 Å². The van der Waals surface area contributed by atoms with E-state index in [1.165, 1.54) is 0 Å². The molecule has 6 heteroatoms. The van der Waals surface area contributed by atoms with E-state index in [1.807, 2.05) is 6.07 Å². The van der Waals surface area contributed by atoms with Crippen molar-refractivity contribution >= 4 is 39.2 Å². The van der Waals surface area contributed by atoms with Crippen molar-refractivity contribution in [2.45, 2.75) is 12.5 Å². The normalized spacial score (nSPS) is 11.1. The minimum absolute atomic E-state index is 0.390. The monoisotopic (exact) mass is 231 g/mol. The van der Waals surface area contributed by atoms with E-state index in [9.17, 15) is 0 Å². The number of ether oxygens (including phenoxy) is 1. The number of nitriles is 1. The molecule has 0 spiro atoms. The average Bonchev–Trinajstić information content (AvgIpc) is 1.85. The predicted molar refractivity (Wildman–Crippen MR) is 49.2 cm³/mol. The van der Waals surface area contributed by atoms with Crippen LogP contribution in [0.25, 0.3) is 0 Å². The first-order valence-electron chi connectivity index (χ1n) is 3.08. The zero-order valence-electron chi connectivity index (χ0n) is 5.82. The summed E-state index contributed by atoms with van der Waals surface area (Å²) in [7, 11) is 0. The molecule has 0 aromatic carbocycles. The Labute approximate surface area is 81.1 Å². The zero-order chi connectivity index (χ0) is 8.74. The molecule has 0 saturated heterocycles. The van der Waals surface area contributed by atoms with E-state index in [0.717, 1.165) is 0 Å². The summed E-state index contributed by atoms with van der Waals surface area (Å²) in [6.07, 6.45) is 0.390. The van der Waals surface area contributed by atoms with Crippen LogP contribution in [0.15, 0.2) is 0 Å². The van der Waals surface area contributed by atoms with Crippen molar-refractivity contribution in [2.24, 2.45) is 0 Å². The fraction of sp³-hybridized carbons (Fsp3) is 0.800. The molecule has 0 rings (SSSR count). The Balaban J connectivity index is 3.10. The van der Waals surface area contributed by atoms with Gasteiger partial charge in [0.05, 0.1) is 19.1 Å². The molecule has 0 aromatic heterocycles. The average molecular weight is 233 g/mol. The van der Waals surface area contributed by atoms with Gasteiger partial charge in [-0.05, 0) is 0 Å².